The second kappa shape index (κ2) is 7.17. The van der Waals surface area contributed by atoms with Crippen molar-refractivity contribution in [2.45, 2.75) is 26.3 Å². The topological polar surface area (TPSA) is 86.9 Å². The molecule has 0 radical (unpaired) electrons. The molecule has 0 fully saturated rings. The number of hydrogen-bond donors (Lipinski definition) is 3. The summed E-state index contributed by atoms with van der Waals surface area (Å²) in [6.45, 7) is 3.73. The molecule has 1 unspecified atom stereocenters. The number of fused-ring (bicyclic) bond motifs is 1. The number of aryl methyl sites for hydroxylation is 1. The van der Waals surface area contributed by atoms with Crippen molar-refractivity contribution in [1.29, 1.82) is 0 Å². The Hall–Kier alpha value is -3.15. The Kier molecular flexibility index (Phi) is 4.79. The first-order valence-electron chi connectivity index (χ1n) is 8.12. The smallest absolute Gasteiger partial charge is 0.233 e. The summed E-state index contributed by atoms with van der Waals surface area (Å²) in [7, 11) is 0. The van der Waals surface area contributed by atoms with Crippen molar-refractivity contribution in [3.8, 4) is 0 Å². The van der Waals surface area contributed by atoms with Gasteiger partial charge in [-0.25, -0.2) is 4.98 Å². The zero-order valence-electron chi connectivity index (χ0n) is 14.2. The van der Waals surface area contributed by atoms with Crippen LogP contribution in [-0.4, -0.2) is 21.8 Å². The first-order valence-corrected chi connectivity index (χ1v) is 8.12. The zero-order valence-corrected chi connectivity index (χ0v) is 14.2. The minimum Gasteiger partial charge on any atom is -0.346 e. The lowest BCUT2D eigenvalue weighted by atomic mass is 10.2. The van der Waals surface area contributed by atoms with Gasteiger partial charge in [0.05, 0.1) is 17.1 Å². The maximum Gasteiger partial charge on any atom is 0.233 e. The van der Waals surface area contributed by atoms with Gasteiger partial charge in [0.2, 0.25) is 11.8 Å². The van der Waals surface area contributed by atoms with E-state index in [4.69, 9.17) is 0 Å². The summed E-state index contributed by atoms with van der Waals surface area (Å²) in [6.07, 6.45) is -0.237. The Morgan fingerprint density at radius 1 is 1.08 bits per heavy atom. The van der Waals surface area contributed by atoms with Crippen molar-refractivity contribution in [2.24, 2.45) is 0 Å². The van der Waals surface area contributed by atoms with Gasteiger partial charge >= 0.3 is 0 Å². The Labute approximate surface area is 145 Å². The molecule has 1 atom stereocenters. The van der Waals surface area contributed by atoms with E-state index < -0.39 is 0 Å². The number of carbonyl (C=O) groups is 2. The summed E-state index contributed by atoms with van der Waals surface area (Å²) in [5.41, 5.74) is 3.42. The Bertz CT molecular complexity index is 883. The number of nitrogens with zero attached hydrogens (tertiary/aromatic N) is 1. The van der Waals surface area contributed by atoms with E-state index in [0.717, 1.165) is 16.6 Å². The van der Waals surface area contributed by atoms with E-state index in [1.165, 1.54) is 0 Å². The van der Waals surface area contributed by atoms with Crippen LogP contribution in [0.25, 0.3) is 11.0 Å². The number of H-pyrrole nitrogens is 1. The van der Waals surface area contributed by atoms with Crippen LogP contribution < -0.4 is 10.6 Å². The van der Waals surface area contributed by atoms with E-state index in [9.17, 15) is 9.59 Å². The summed E-state index contributed by atoms with van der Waals surface area (Å²) in [5.74, 6) is -0.0310. The highest BCUT2D eigenvalue weighted by Crippen LogP contribution is 2.16. The number of imidazole rings is 1. The number of aromatic nitrogens is 2. The molecule has 1 heterocycles. The molecule has 0 bridgehead atoms. The fourth-order valence-electron chi connectivity index (χ4n) is 2.59. The summed E-state index contributed by atoms with van der Waals surface area (Å²) >= 11 is 0. The first-order chi connectivity index (χ1) is 12.0. The Morgan fingerprint density at radius 3 is 2.56 bits per heavy atom. The number of carbonyl (C=O) groups excluding carboxylic acids is 2. The third-order valence-electron chi connectivity index (χ3n) is 3.94. The van der Waals surface area contributed by atoms with Crippen LogP contribution in [0.5, 0.6) is 0 Å². The van der Waals surface area contributed by atoms with Gasteiger partial charge in [-0.2, -0.15) is 0 Å². The molecule has 3 N–H and O–H groups in total. The number of nitrogens with one attached hydrogen (secondary N) is 3. The quantitative estimate of drug-likeness (QED) is 0.626. The maximum atomic E-state index is 12.1. The van der Waals surface area contributed by atoms with Gasteiger partial charge in [0, 0.05) is 5.69 Å². The highest BCUT2D eigenvalue weighted by molar-refractivity contribution is 6.03. The van der Waals surface area contributed by atoms with Crippen LogP contribution in [0.1, 0.15) is 30.8 Å². The molecule has 6 heteroatoms. The fraction of sp³-hybridized carbons (Fsp3) is 0.211. The van der Waals surface area contributed by atoms with E-state index >= 15 is 0 Å². The number of hydrogen-bond acceptors (Lipinski definition) is 3. The summed E-state index contributed by atoms with van der Waals surface area (Å²) in [5, 5.41) is 5.55. The normalized spacial score (nSPS) is 11.9. The van der Waals surface area contributed by atoms with E-state index in [0.29, 0.717) is 11.5 Å². The van der Waals surface area contributed by atoms with E-state index in [-0.39, 0.29) is 24.3 Å². The van der Waals surface area contributed by atoms with Crippen LogP contribution in [0, 0.1) is 6.92 Å². The van der Waals surface area contributed by atoms with E-state index in [1.54, 1.807) is 0 Å². The number of anilines is 1. The summed E-state index contributed by atoms with van der Waals surface area (Å²) in [4.78, 5) is 31.8. The third kappa shape index (κ3) is 4.03. The number of rotatable bonds is 5. The number of aromatic amines is 1. The largest absolute Gasteiger partial charge is 0.346 e. The molecule has 128 valence electrons. The lowest BCUT2D eigenvalue weighted by Gasteiger charge is -2.12. The molecule has 0 aliphatic carbocycles. The van der Waals surface area contributed by atoms with Crippen molar-refractivity contribution in [1.82, 2.24) is 15.3 Å². The average molecular weight is 336 g/mol. The van der Waals surface area contributed by atoms with Gasteiger partial charge in [-0.15, -0.1) is 0 Å². The van der Waals surface area contributed by atoms with Gasteiger partial charge in [-0.3, -0.25) is 9.59 Å². The Balaban J connectivity index is 1.58. The van der Waals surface area contributed by atoms with Crippen LogP contribution in [0.15, 0.2) is 48.5 Å². The minimum atomic E-state index is -0.348. The fourth-order valence-corrected chi connectivity index (χ4v) is 2.59. The van der Waals surface area contributed by atoms with Gasteiger partial charge in [-0.1, -0.05) is 30.3 Å². The van der Waals surface area contributed by atoms with Gasteiger partial charge in [0.15, 0.2) is 0 Å². The summed E-state index contributed by atoms with van der Waals surface area (Å²) in [6, 6.07) is 14.8. The molecule has 2 amide bonds. The Morgan fingerprint density at radius 2 is 1.80 bits per heavy atom. The number of benzene rings is 2. The lowest BCUT2D eigenvalue weighted by molar-refractivity contribution is -0.127. The van der Waals surface area contributed by atoms with Gasteiger partial charge in [0.1, 0.15) is 12.2 Å². The second-order valence-electron chi connectivity index (χ2n) is 5.97. The van der Waals surface area contributed by atoms with Crippen molar-refractivity contribution >= 4 is 28.5 Å². The van der Waals surface area contributed by atoms with Crippen molar-refractivity contribution in [2.75, 3.05) is 5.32 Å². The third-order valence-corrected chi connectivity index (χ3v) is 3.94. The van der Waals surface area contributed by atoms with Gasteiger partial charge in [0.25, 0.3) is 0 Å². The monoisotopic (exact) mass is 336 g/mol. The molecular formula is C19H20N4O2. The molecule has 0 spiro atoms. The average Bonchev–Trinajstić information content (AvgIpc) is 3.01. The molecule has 0 aliphatic rings. The first kappa shape index (κ1) is 16.7. The standard InChI is InChI=1S/C19H20N4O2/c1-12-7-3-4-8-14(12)21-18(25)11-17(24)20-13(2)19-22-15-9-5-6-10-16(15)23-19/h3-10,13H,11H2,1-2H3,(H,20,24)(H,21,25)(H,22,23). The molecule has 2 aromatic carbocycles. The lowest BCUT2D eigenvalue weighted by Crippen LogP contribution is -2.30. The van der Waals surface area contributed by atoms with Crippen LogP contribution in [0.3, 0.4) is 0 Å². The zero-order chi connectivity index (χ0) is 17.8. The molecular weight excluding hydrogens is 316 g/mol. The van der Waals surface area contributed by atoms with Crippen molar-refractivity contribution in [3.05, 3.63) is 59.9 Å². The van der Waals surface area contributed by atoms with Crippen molar-refractivity contribution < 1.29 is 9.59 Å². The molecule has 25 heavy (non-hydrogen) atoms. The second-order valence-corrected chi connectivity index (χ2v) is 5.97. The number of para-hydroxylation sites is 3. The molecule has 3 rings (SSSR count). The summed E-state index contributed by atoms with van der Waals surface area (Å²) < 4.78 is 0. The highest BCUT2D eigenvalue weighted by atomic mass is 16.2. The highest BCUT2D eigenvalue weighted by Gasteiger charge is 2.16. The SMILES string of the molecule is Cc1ccccc1NC(=O)CC(=O)NC(C)c1nc2ccccc2[nH]1. The predicted octanol–water partition coefficient (Wildman–Crippen LogP) is 3.08. The van der Waals surface area contributed by atoms with E-state index in [1.807, 2.05) is 62.4 Å². The van der Waals surface area contributed by atoms with Crippen LogP contribution in [0.2, 0.25) is 0 Å². The van der Waals surface area contributed by atoms with Crippen LogP contribution in [0.4, 0.5) is 5.69 Å². The molecule has 6 nitrogen and oxygen atoms in total. The van der Waals surface area contributed by atoms with Gasteiger partial charge < -0.3 is 15.6 Å². The van der Waals surface area contributed by atoms with Crippen molar-refractivity contribution in [3.63, 3.8) is 0 Å². The maximum absolute atomic E-state index is 12.1. The van der Waals surface area contributed by atoms with Crippen LogP contribution >= 0.6 is 0 Å². The molecule has 0 aliphatic heterocycles. The van der Waals surface area contributed by atoms with E-state index in [2.05, 4.69) is 20.6 Å². The molecule has 3 aromatic rings. The van der Waals surface area contributed by atoms with Crippen LogP contribution in [-0.2, 0) is 9.59 Å². The molecule has 0 saturated carbocycles. The molecule has 1 aromatic heterocycles. The number of amides is 2. The van der Waals surface area contributed by atoms with Gasteiger partial charge in [-0.05, 0) is 37.6 Å². The predicted molar refractivity (Wildman–Crippen MR) is 97.1 cm³/mol. The molecule has 0 saturated heterocycles. The minimum absolute atomic E-state index is 0.237.